The zero-order chi connectivity index (χ0) is 10.7. The maximum Gasteiger partial charge on any atom is 0.151 e. The summed E-state index contributed by atoms with van der Waals surface area (Å²) in [4.78, 5) is 4.27. The van der Waals surface area contributed by atoms with E-state index in [1.165, 1.54) is 17.3 Å². The molecule has 0 fully saturated rings. The van der Waals surface area contributed by atoms with Gasteiger partial charge in [0.05, 0.1) is 5.52 Å². The molecular formula is C11H11N3S. The summed E-state index contributed by atoms with van der Waals surface area (Å²) in [6.45, 7) is 0. The molecule has 0 unspecified atom stereocenters. The lowest BCUT2D eigenvalue weighted by atomic mass is 10.1. The fourth-order valence-corrected chi connectivity index (χ4v) is 2.00. The molecule has 2 aromatic rings. The monoisotopic (exact) mass is 217 g/mol. The molecule has 1 heterocycles. The fraction of sp³-hybridized carbons (Fsp3) is 0.0909. The number of rotatable bonds is 2. The van der Waals surface area contributed by atoms with Crippen LogP contribution in [0, 0.1) is 5.41 Å². The first-order chi connectivity index (χ1) is 7.27. The molecule has 0 amide bonds. The van der Waals surface area contributed by atoms with Crippen molar-refractivity contribution in [2.45, 2.75) is 5.75 Å². The number of aromatic nitrogens is 1. The first kappa shape index (κ1) is 9.98. The maximum absolute atomic E-state index is 7.18. The van der Waals surface area contributed by atoms with Crippen molar-refractivity contribution in [1.82, 2.24) is 4.98 Å². The molecule has 0 aliphatic rings. The zero-order valence-electron chi connectivity index (χ0n) is 8.10. The van der Waals surface area contributed by atoms with Crippen LogP contribution in [-0.2, 0) is 5.75 Å². The van der Waals surface area contributed by atoms with E-state index in [0.29, 0.717) is 0 Å². The molecule has 0 saturated carbocycles. The summed E-state index contributed by atoms with van der Waals surface area (Å²) in [7, 11) is 0. The van der Waals surface area contributed by atoms with Crippen LogP contribution in [0.25, 0.3) is 10.9 Å². The van der Waals surface area contributed by atoms with E-state index >= 15 is 0 Å². The highest BCUT2D eigenvalue weighted by Gasteiger charge is 2.01. The Balaban J connectivity index is 2.38. The normalized spacial score (nSPS) is 10.4. The summed E-state index contributed by atoms with van der Waals surface area (Å²) in [5, 5.41) is 8.46. The molecule has 3 N–H and O–H groups in total. The molecule has 0 aliphatic carbocycles. The van der Waals surface area contributed by atoms with Gasteiger partial charge in [0.15, 0.2) is 5.17 Å². The molecule has 1 aromatic heterocycles. The smallest absolute Gasteiger partial charge is 0.151 e. The lowest BCUT2D eigenvalue weighted by Gasteiger charge is -2.04. The van der Waals surface area contributed by atoms with Gasteiger partial charge in [-0.1, -0.05) is 30.0 Å². The average molecular weight is 217 g/mol. The Morgan fingerprint density at radius 3 is 2.93 bits per heavy atom. The largest absolute Gasteiger partial charge is 0.379 e. The average Bonchev–Trinajstić information content (AvgIpc) is 2.26. The number of benzene rings is 1. The van der Waals surface area contributed by atoms with E-state index in [1.807, 2.05) is 30.3 Å². The Labute approximate surface area is 92.2 Å². The number of fused-ring (bicyclic) bond motifs is 1. The van der Waals surface area contributed by atoms with Gasteiger partial charge < -0.3 is 5.73 Å². The molecule has 4 heteroatoms. The molecule has 0 bridgehead atoms. The molecule has 0 atom stereocenters. The molecule has 0 spiro atoms. The van der Waals surface area contributed by atoms with Crippen molar-refractivity contribution in [1.29, 1.82) is 5.41 Å². The highest BCUT2D eigenvalue weighted by Crippen LogP contribution is 2.20. The quantitative estimate of drug-likeness (QED) is 0.599. The second-order valence-corrected chi connectivity index (χ2v) is 4.16. The molecule has 3 nitrogen and oxygen atoms in total. The summed E-state index contributed by atoms with van der Waals surface area (Å²) in [6, 6.07) is 9.96. The molecule has 0 aliphatic heterocycles. The number of amidine groups is 1. The minimum Gasteiger partial charge on any atom is -0.379 e. The van der Waals surface area contributed by atoms with E-state index in [2.05, 4.69) is 4.98 Å². The SMILES string of the molecule is N=C(N)SCc1ccnc2ccccc12. The van der Waals surface area contributed by atoms with Crippen molar-refractivity contribution >= 4 is 27.8 Å². The minimum atomic E-state index is 0.149. The van der Waals surface area contributed by atoms with Gasteiger partial charge in [-0.2, -0.15) is 0 Å². The van der Waals surface area contributed by atoms with Crippen LogP contribution in [0.15, 0.2) is 36.5 Å². The standard InChI is InChI=1S/C11H11N3S/c12-11(13)15-7-8-5-6-14-10-4-2-1-3-9(8)10/h1-6H,7H2,(H3,12,13). The molecule has 1 aromatic carbocycles. The van der Waals surface area contributed by atoms with E-state index in [1.54, 1.807) is 6.20 Å². The van der Waals surface area contributed by atoms with Crippen molar-refractivity contribution in [3.8, 4) is 0 Å². The molecule has 0 radical (unpaired) electrons. The Hall–Kier alpha value is -1.55. The predicted octanol–water partition coefficient (Wildman–Crippen LogP) is 2.36. The van der Waals surface area contributed by atoms with Crippen LogP contribution in [0.1, 0.15) is 5.56 Å². The molecule has 0 saturated heterocycles. The first-order valence-corrected chi connectivity index (χ1v) is 5.55. The van der Waals surface area contributed by atoms with Gasteiger partial charge in [-0.3, -0.25) is 10.4 Å². The number of nitrogens with two attached hydrogens (primary N) is 1. The van der Waals surface area contributed by atoms with Crippen LogP contribution < -0.4 is 5.73 Å². The summed E-state index contributed by atoms with van der Waals surface area (Å²) in [5.74, 6) is 0.721. The number of thioether (sulfide) groups is 1. The number of nitrogens with zero attached hydrogens (tertiary/aromatic N) is 1. The number of hydrogen-bond acceptors (Lipinski definition) is 3. The third-order valence-corrected chi connectivity index (χ3v) is 2.89. The second-order valence-electron chi connectivity index (χ2n) is 3.14. The van der Waals surface area contributed by atoms with Gasteiger partial charge in [0.1, 0.15) is 0 Å². The highest BCUT2D eigenvalue weighted by atomic mass is 32.2. The van der Waals surface area contributed by atoms with Crippen LogP contribution >= 0.6 is 11.8 Å². The highest BCUT2D eigenvalue weighted by molar-refractivity contribution is 8.13. The van der Waals surface area contributed by atoms with Crippen LogP contribution in [0.5, 0.6) is 0 Å². The molecule has 15 heavy (non-hydrogen) atoms. The van der Waals surface area contributed by atoms with E-state index in [0.717, 1.165) is 16.7 Å². The Morgan fingerprint density at radius 1 is 1.33 bits per heavy atom. The third-order valence-electron chi connectivity index (χ3n) is 2.12. The molecular weight excluding hydrogens is 206 g/mol. The van der Waals surface area contributed by atoms with E-state index in [9.17, 15) is 0 Å². The summed E-state index contributed by atoms with van der Waals surface area (Å²) in [5.41, 5.74) is 7.47. The maximum atomic E-state index is 7.18. The van der Waals surface area contributed by atoms with Crippen LogP contribution in [0.2, 0.25) is 0 Å². The Morgan fingerprint density at radius 2 is 2.13 bits per heavy atom. The second kappa shape index (κ2) is 4.31. The third kappa shape index (κ3) is 2.27. The van der Waals surface area contributed by atoms with Crippen molar-refractivity contribution in [2.24, 2.45) is 5.73 Å². The fourth-order valence-electron chi connectivity index (χ4n) is 1.44. The van der Waals surface area contributed by atoms with Gasteiger partial charge in [-0.15, -0.1) is 0 Å². The van der Waals surface area contributed by atoms with Crippen molar-refractivity contribution in [2.75, 3.05) is 0 Å². The Kier molecular flexibility index (Phi) is 2.87. The molecule has 76 valence electrons. The summed E-state index contributed by atoms with van der Waals surface area (Å²) >= 11 is 1.33. The van der Waals surface area contributed by atoms with Gasteiger partial charge in [-0.25, -0.2) is 0 Å². The number of hydrogen-bond donors (Lipinski definition) is 2. The van der Waals surface area contributed by atoms with Crippen LogP contribution in [-0.4, -0.2) is 10.2 Å². The van der Waals surface area contributed by atoms with Crippen molar-refractivity contribution < 1.29 is 0 Å². The van der Waals surface area contributed by atoms with E-state index in [4.69, 9.17) is 11.1 Å². The Bertz CT molecular complexity index is 491. The first-order valence-electron chi connectivity index (χ1n) is 4.57. The zero-order valence-corrected chi connectivity index (χ0v) is 8.92. The summed E-state index contributed by atoms with van der Waals surface area (Å²) in [6.07, 6.45) is 1.79. The van der Waals surface area contributed by atoms with Crippen LogP contribution in [0.4, 0.5) is 0 Å². The van der Waals surface area contributed by atoms with Gasteiger partial charge in [0.2, 0.25) is 0 Å². The van der Waals surface area contributed by atoms with Gasteiger partial charge in [-0.05, 0) is 17.7 Å². The van der Waals surface area contributed by atoms with E-state index < -0.39 is 0 Å². The lowest BCUT2D eigenvalue weighted by molar-refractivity contribution is 1.35. The lowest BCUT2D eigenvalue weighted by Crippen LogP contribution is -2.03. The van der Waals surface area contributed by atoms with Gasteiger partial charge in [0, 0.05) is 17.3 Å². The van der Waals surface area contributed by atoms with Crippen molar-refractivity contribution in [3.05, 3.63) is 42.1 Å². The van der Waals surface area contributed by atoms with Crippen molar-refractivity contribution in [3.63, 3.8) is 0 Å². The molecule has 2 rings (SSSR count). The van der Waals surface area contributed by atoms with Crippen LogP contribution in [0.3, 0.4) is 0 Å². The van der Waals surface area contributed by atoms with Gasteiger partial charge in [0.25, 0.3) is 0 Å². The summed E-state index contributed by atoms with van der Waals surface area (Å²) < 4.78 is 0. The topological polar surface area (TPSA) is 62.8 Å². The number of nitrogens with one attached hydrogen (secondary N) is 1. The number of pyridine rings is 1. The van der Waals surface area contributed by atoms with Gasteiger partial charge >= 0.3 is 0 Å². The minimum absolute atomic E-state index is 0.149. The number of para-hydroxylation sites is 1. The van der Waals surface area contributed by atoms with E-state index in [-0.39, 0.29) is 5.17 Å². The predicted molar refractivity (Wildman–Crippen MR) is 65.0 cm³/mol.